The van der Waals surface area contributed by atoms with Crippen molar-refractivity contribution in [1.29, 1.82) is 0 Å². The number of amides is 1. The molecule has 0 heterocycles. The van der Waals surface area contributed by atoms with Crippen LogP contribution in [0.4, 0.5) is 0 Å². The molecule has 0 aromatic rings. The highest BCUT2D eigenvalue weighted by Crippen LogP contribution is 2.33. The highest BCUT2D eigenvalue weighted by atomic mass is 16.3. The van der Waals surface area contributed by atoms with E-state index in [-0.39, 0.29) is 0 Å². The summed E-state index contributed by atoms with van der Waals surface area (Å²) in [4.78, 5) is 9.80. The summed E-state index contributed by atoms with van der Waals surface area (Å²) in [6.07, 6.45) is 4.28. The predicted molar refractivity (Wildman–Crippen MR) is 37.5 cm³/mol. The molecule has 3 heteroatoms. The number of hydrogen-bond donors (Lipinski definition) is 2. The van der Waals surface area contributed by atoms with Gasteiger partial charge in [-0.15, -0.1) is 0 Å². The predicted octanol–water partition coefficient (Wildman–Crippen LogP) is 0.0375. The highest BCUT2D eigenvalue weighted by Gasteiger charge is 2.33. The van der Waals surface area contributed by atoms with Gasteiger partial charge in [0.1, 0.15) is 0 Å². The first-order chi connectivity index (χ1) is 4.77. The van der Waals surface area contributed by atoms with Gasteiger partial charge in [0.25, 0.3) is 0 Å². The third-order valence-corrected chi connectivity index (χ3v) is 2.10. The summed E-state index contributed by atoms with van der Waals surface area (Å²) in [6, 6.07) is 0. The van der Waals surface area contributed by atoms with Gasteiger partial charge in [0.15, 0.2) is 0 Å². The minimum atomic E-state index is -0.448. The van der Waals surface area contributed by atoms with E-state index < -0.39 is 5.60 Å². The molecule has 0 bridgehead atoms. The van der Waals surface area contributed by atoms with Gasteiger partial charge in [0.2, 0.25) is 6.41 Å². The number of aliphatic hydroxyl groups is 1. The monoisotopic (exact) mass is 143 g/mol. The topological polar surface area (TPSA) is 49.3 Å². The van der Waals surface area contributed by atoms with Crippen molar-refractivity contribution in [3.63, 3.8) is 0 Å². The minimum absolute atomic E-state index is 0.448. The van der Waals surface area contributed by atoms with Crippen molar-refractivity contribution in [2.24, 2.45) is 0 Å². The Morgan fingerprint density at radius 2 is 2.30 bits per heavy atom. The first-order valence-corrected chi connectivity index (χ1v) is 3.66. The van der Waals surface area contributed by atoms with E-state index in [0.717, 1.165) is 19.3 Å². The average molecular weight is 143 g/mol. The Bertz CT molecular complexity index is 121. The average Bonchev–Trinajstić information content (AvgIpc) is 1.85. The zero-order chi connectivity index (χ0) is 7.45. The second kappa shape index (κ2) is 3.01. The smallest absolute Gasteiger partial charge is 0.207 e. The zero-order valence-corrected chi connectivity index (χ0v) is 5.97. The SMILES string of the molecule is O=CNCCC1(O)CCC1. The van der Waals surface area contributed by atoms with Crippen LogP contribution >= 0.6 is 0 Å². The Kier molecular flexibility index (Phi) is 2.27. The van der Waals surface area contributed by atoms with Crippen LogP contribution in [-0.4, -0.2) is 23.7 Å². The maximum absolute atomic E-state index is 9.80. The number of hydrogen-bond acceptors (Lipinski definition) is 2. The third kappa shape index (κ3) is 1.70. The van der Waals surface area contributed by atoms with E-state index in [0.29, 0.717) is 19.4 Å². The molecule has 0 unspecified atom stereocenters. The molecule has 0 atom stereocenters. The highest BCUT2D eigenvalue weighted by molar-refractivity contribution is 5.45. The van der Waals surface area contributed by atoms with Gasteiger partial charge in [0, 0.05) is 6.54 Å². The Balaban J connectivity index is 2.06. The van der Waals surface area contributed by atoms with Crippen LogP contribution in [0.15, 0.2) is 0 Å². The molecule has 0 spiro atoms. The van der Waals surface area contributed by atoms with Gasteiger partial charge in [-0.25, -0.2) is 0 Å². The van der Waals surface area contributed by atoms with Crippen molar-refractivity contribution in [2.45, 2.75) is 31.3 Å². The minimum Gasteiger partial charge on any atom is -0.390 e. The molecule has 1 rings (SSSR count). The summed E-state index contributed by atoms with van der Waals surface area (Å²) >= 11 is 0. The third-order valence-electron chi connectivity index (χ3n) is 2.10. The molecule has 0 saturated heterocycles. The number of nitrogens with one attached hydrogen (secondary N) is 1. The van der Waals surface area contributed by atoms with Crippen LogP contribution in [0, 0.1) is 0 Å². The van der Waals surface area contributed by atoms with Gasteiger partial charge in [-0.1, -0.05) is 0 Å². The molecule has 58 valence electrons. The largest absolute Gasteiger partial charge is 0.390 e. The molecule has 0 aromatic heterocycles. The van der Waals surface area contributed by atoms with Crippen molar-refractivity contribution in [1.82, 2.24) is 5.32 Å². The van der Waals surface area contributed by atoms with E-state index in [1.165, 1.54) is 0 Å². The van der Waals surface area contributed by atoms with E-state index in [4.69, 9.17) is 0 Å². The van der Waals surface area contributed by atoms with Crippen LogP contribution in [0.2, 0.25) is 0 Å². The van der Waals surface area contributed by atoms with Crippen LogP contribution < -0.4 is 5.32 Å². The molecule has 10 heavy (non-hydrogen) atoms. The molecule has 0 aromatic carbocycles. The van der Waals surface area contributed by atoms with Crippen LogP contribution in [0.3, 0.4) is 0 Å². The fraction of sp³-hybridized carbons (Fsp3) is 0.857. The second-order valence-corrected chi connectivity index (χ2v) is 2.90. The fourth-order valence-corrected chi connectivity index (χ4v) is 1.20. The van der Waals surface area contributed by atoms with Crippen LogP contribution in [0.25, 0.3) is 0 Å². The molecule has 0 aliphatic heterocycles. The molecule has 3 nitrogen and oxygen atoms in total. The van der Waals surface area contributed by atoms with Gasteiger partial charge in [-0.2, -0.15) is 0 Å². The van der Waals surface area contributed by atoms with E-state index >= 15 is 0 Å². The zero-order valence-electron chi connectivity index (χ0n) is 5.97. The van der Waals surface area contributed by atoms with Crippen molar-refractivity contribution in [2.75, 3.05) is 6.54 Å². The molecule has 1 aliphatic carbocycles. The Morgan fingerprint density at radius 1 is 1.60 bits per heavy atom. The van der Waals surface area contributed by atoms with Crippen molar-refractivity contribution < 1.29 is 9.90 Å². The molecular formula is C7H13NO2. The number of carbonyl (C=O) groups excluding carboxylic acids is 1. The summed E-state index contributed by atoms with van der Waals surface area (Å²) in [7, 11) is 0. The quantitative estimate of drug-likeness (QED) is 0.431. The number of rotatable bonds is 4. The lowest BCUT2D eigenvalue weighted by Gasteiger charge is -2.36. The second-order valence-electron chi connectivity index (χ2n) is 2.90. The van der Waals surface area contributed by atoms with E-state index in [2.05, 4.69) is 5.32 Å². The standard InChI is InChI=1S/C7H13NO2/c9-6-8-5-4-7(10)2-1-3-7/h6,10H,1-5H2,(H,8,9). The normalized spacial score (nSPS) is 21.3. The Morgan fingerprint density at radius 3 is 2.70 bits per heavy atom. The van der Waals surface area contributed by atoms with E-state index in [1.54, 1.807) is 0 Å². The molecule has 0 radical (unpaired) electrons. The van der Waals surface area contributed by atoms with Gasteiger partial charge in [-0.05, 0) is 25.7 Å². The van der Waals surface area contributed by atoms with E-state index in [1.807, 2.05) is 0 Å². The molecule has 1 saturated carbocycles. The molecule has 1 aliphatic rings. The van der Waals surface area contributed by atoms with Gasteiger partial charge in [0.05, 0.1) is 5.60 Å². The Hall–Kier alpha value is -0.570. The van der Waals surface area contributed by atoms with Gasteiger partial charge < -0.3 is 10.4 Å². The van der Waals surface area contributed by atoms with Crippen LogP contribution in [0.5, 0.6) is 0 Å². The van der Waals surface area contributed by atoms with Crippen LogP contribution in [0.1, 0.15) is 25.7 Å². The summed E-state index contributed by atoms with van der Waals surface area (Å²) < 4.78 is 0. The molecule has 2 N–H and O–H groups in total. The molecule has 1 amide bonds. The maximum atomic E-state index is 9.80. The van der Waals surface area contributed by atoms with Crippen molar-refractivity contribution >= 4 is 6.41 Å². The first-order valence-electron chi connectivity index (χ1n) is 3.66. The number of carbonyl (C=O) groups is 1. The summed E-state index contributed by atoms with van der Waals surface area (Å²) in [6.45, 7) is 0.597. The first kappa shape index (κ1) is 7.54. The Labute approximate surface area is 60.4 Å². The van der Waals surface area contributed by atoms with Crippen molar-refractivity contribution in [3.8, 4) is 0 Å². The summed E-state index contributed by atoms with van der Waals surface area (Å²) in [5, 5.41) is 12.0. The van der Waals surface area contributed by atoms with E-state index in [9.17, 15) is 9.90 Å². The molecular weight excluding hydrogens is 130 g/mol. The lowest BCUT2D eigenvalue weighted by atomic mass is 9.78. The maximum Gasteiger partial charge on any atom is 0.207 e. The van der Waals surface area contributed by atoms with Crippen molar-refractivity contribution in [3.05, 3.63) is 0 Å². The van der Waals surface area contributed by atoms with Gasteiger partial charge >= 0.3 is 0 Å². The fourth-order valence-electron chi connectivity index (χ4n) is 1.20. The summed E-state index contributed by atoms with van der Waals surface area (Å²) in [5.41, 5.74) is -0.448. The summed E-state index contributed by atoms with van der Waals surface area (Å²) in [5.74, 6) is 0. The van der Waals surface area contributed by atoms with Gasteiger partial charge in [-0.3, -0.25) is 4.79 Å². The lowest BCUT2D eigenvalue weighted by Crippen LogP contribution is -2.39. The lowest BCUT2D eigenvalue weighted by molar-refractivity contribution is -0.110. The van der Waals surface area contributed by atoms with Crippen LogP contribution in [-0.2, 0) is 4.79 Å². The molecule has 1 fully saturated rings.